The van der Waals surface area contributed by atoms with E-state index < -0.39 is 30.1 Å². The number of piperidine rings is 1. The predicted octanol–water partition coefficient (Wildman–Crippen LogP) is 4.20. The zero-order valence-electron chi connectivity index (χ0n) is 37.0. The second kappa shape index (κ2) is 27.3. The Balaban J connectivity index is 0.00000414. The number of likely N-dealkylation sites (tertiary alicyclic amines) is 1. The van der Waals surface area contributed by atoms with E-state index in [0.29, 0.717) is 37.4 Å². The number of hydrogen-bond donors (Lipinski definition) is 5. The molecule has 2 heterocycles. The van der Waals surface area contributed by atoms with E-state index in [1.807, 2.05) is 46.6 Å². The Hall–Kier alpha value is -4.74. The SMILES string of the molecule is CCC[C@H](Cc1ccc(O)c(NC(=O)CCOCCN)c1)NC(=O)c1csc([C@@H](C[C@H](C(C)C)N(C)C(=O)[C@@H](NC(=O)[C@H]2CCCCN2C)[C@@H](C)CC)OC(C)=O)n1.O=C=O. The van der Waals surface area contributed by atoms with Crippen molar-refractivity contribution in [2.75, 3.05) is 45.7 Å². The Morgan fingerprint density at radius 2 is 1.80 bits per heavy atom. The van der Waals surface area contributed by atoms with Crippen molar-refractivity contribution in [1.29, 1.82) is 0 Å². The number of esters is 1. The van der Waals surface area contributed by atoms with E-state index in [-0.39, 0.29) is 84.4 Å². The molecule has 3 rings (SSSR count). The quantitative estimate of drug-likeness (QED) is 0.0599. The number of anilines is 1. The smallest absolute Gasteiger partial charge is 0.373 e. The summed E-state index contributed by atoms with van der Waals surface area (Å²) in [6.45, 7) is 13.0. The monoisotopic (exact) mass is 873 g/mol. The minimum absolute atomic E-state index is 0.0496. The van der Waals surface area contributed by atoms with Crippen LogP contribution in [0.5, 0.6) is 5.75 Å². The standard InChI is InChI=1S/C42H67N7O8S.CO2/c1-9-13-30(22-29-15-16-35(51)31(23-29)45-37(52)17-20-56-21-18-43)44-39(53)32-25-58-41(46-32)36(57-28(6)50)24-34(26(3)4)49(8)42(55)38(27(5)10-2)47-40(54)33-14-11-12-19-48(33)7;2-1-3/h15-16,23,25-27,30,33-34,36,38,51H,9-14,17-22,24,43H2,1-8H3,(H,44,53)(H,45,52)(H,47,54);/t27-,30+,33+,34+,36+,38-;/m0./s1. The van der Waals surface area contributed by atoms with Crippen LogP contribution in [0, 0.1) is 11.8 Å². The normalized spacial score (nSPS) is 16.4. The minimum atomic E-state index is -0.830. The van der Waals surface area contributed by atoms with Gasteiger partial charge in [-0.25, -0.2) is 4.98 Å². The fraction of sp³-hybridized carbons (Fsp3) is 0.651. The number of ether oxygens (including phenoxy) is 2. The van der Waals surface area contributed by atoms with Crippen molar-refractivity contribution in [3.63, 3.8) is 0 Å². The molecule has 1 aromatic heterocycles. The number of hydrogen-bond acceptors (Lipinski definition) is 14. The highest BCUT2D eigenvalue weighted by atomic mass is 32.1. The molecule has 6 atom stereocenters. The van der Waals surface area contributed by atoms with Gasteiger partial charge in [-0.3, -0.25) is 28.9 Å². The first-order valence-electron chi connectivity index (χ1n) is 21.1. The van der Waals surface area contributed by atoms with Crippen LogP contribution in [-0.2, 0) is 44.7 Å². The van der Waals surface area contributed by atoms with Gasteiger partial charge in [-0.15, -0.1) is 11.3 Å². The zero-order chi connectivity index (χ0) is 45.6. The third kappa shape index (κ3) is 17.3. The lowest BCUT2D eigenvalue weighted by atomic mass is 9.92. The second-order valence-corrected chi connectivity index (χ2v) is 16.7. The third-order valence-electron chi connectivity index (χ3n) is 10.8. The van der Waals surface area contributed by atoms with E-state index in [4.69, 9.17) is 24.8 Å². The Labute approximate surface area is 363 Å². The lowest BCUT2D eigenvalue weighted by Gasteiger charge is -2.38. The van der Waals surface area contributed by atoms with Crippen LogP contribution in [0.25, 0.3) is 0 Å². The number of carbonyl (C=O) groups excluding carboxylic acids is 7. The van der Waals surface area contributed by atoms with Gasteiger partial charge in [0, 0.05) is 44.4 Å². The van der Waals surface area contributed by atoms with Crippen LogP contribution in [-0.4, -0.2) is 120 Å². The maximum absolute atomic E-state index is 14.2. The number of benzene rings is 1. The summed E-state index contributed by atoms with van der Waals surface area (Å²) in [6.07, 6.45) is 5.09. The van der Waals surface area contributed by atoms with Gasteiger partial charge in [-0.05, 0) is 68.8 Å². The summed E-state index contributed by atoms with van der Waals surface area (Å²) in [5.74, 6) is -1.81. The largest absolute Gasteiger partial charge is 0.506 e. The predicted molar refractivity (Wildman–Crippen MR) is 230 cm³/mol. The van der Waals surface area contributed by atoms with Crippen molar-refractivity contribution in [3.8, 4) is 5.75 Å². The van der Waals surface area contributed by atoms with Crippen LogP contribution in [0.4, 0.5) is 5.69 Å². The number of nitrogens with two attached hydrogens (primary N) is 1. The summed E-state index contributed by atoms with van der Waals surface area (Å²) >= 11 is 1.21. The first kappa shape index (κ1) is 52.4. The number of aromatic nitrogens is 1. The molecule has 0 aliphatic carbocycles. The van der Waals surface area contributed by atoms with Crippen molar-refractivity contribution in [3.05, 3.63) is 39.8 Å². The highest BCUT2D eigenvalue weighted by Gasteiger charge is 2.37. The molecular weight excluding hydrogens is 807 g/mol. The van der Waals surface area contributed by atoms with Gasteiger partial charge in [0.15, 0.2) is 6.10 Å². The molecule has 2 aromatic rings. The first-order chi connectivity index (χ1) is 29.0. The van der Waals surface area contributed by atoms with Crippen LogP contribution in [0.3, 0.4) is 0 Å². The van der Waals surface area contributed by atoms with Crippen molar-refractivity contribution in [2.45, 2.75) is 130 Å². The molecule has 0 bridgehead atoms. The average Bonchev–Trinajstić information content (AvgIpc) is 3.72. The number of amides is 4. The number of phenolic OH excluding ortho intramolecular Hbond substituents is 1. The fourth-order valence-electron chi connectivity index (χ4n) is 7.25. The van der Waals surface area contributed by atoms with Gasteiger partial charge < -0.3 is 41.2 Å². The number of carbonyl (C=O) groups is 5. The van der Waals surface area contributed by atoms with Crippen molar-refractivity contribution >= 4 is 52.8 Å². The van der Waals surface area contributed by atoms with Gasteiger partial charge in [-0.1, -0.05) is 59.9 Å². The van der Waals surface area contributed by atoms with Gasteiger partial charge in [0.25, 0.3) is 5.91 Å². The van der Waals surface area contributed by atoms with E-state index in [1.165, 1.54) is 24.3 Å². The van der Waals surface area contributed by atoms with E-state index >= 15 is 0 Å². The van der Waals surface area contributed by atoms with E-state index in [9.17, 15) is 29.1 Å². The molecule has 340 valence electrons. The number of likely N-dealkylation sites (N-methyl/N-ethyl adjacent to an activating group) is 2. The topological polar surface area (TPSA) is 240 Å². The van der Waals surface area contributed by atoms with Gasteiger partial charge >= 0.3 is 12.1 Å². The molecule has 1 aliphatic rings. The Bertz CT molecular complexity index is 1750. The lowest BCUT2D eigenvalue weighted by molar-refractivity contribution is -0.191. The summed E-state index contributed by atoms with van der Waals surface area (Å²) in [5, 5.41) is 21.4. The highest BCUT2D eigenvalue weighted by molar-refractivity contribution is 7.09. The molecule has 0 saturated carbocycles. The average molecular weight is 874 g/mol. The van der Waals surface area contributed by atoms with Gasteiger partial charge in [0.05, 0.1) is 31.4 Å². The van der Waals surface area contributed by atoms with E-state index in [1.54, 1.807) is 29.5 Å². The molecule has 0 unspecified atom stereocenters. The van der Waals surface area contributed by atoms with Crippen molar-refractivity contribution < 1.29 is 48.1 Å². The van der Waals surface area contributed by atoms with Crippen LogP contribution in [0.2, 0.25) is 0 Å². The molecule has 1 saturated heterocycles. The zero-order valence-corrected chi connectivity index (χ0v) is 37.8. The van der Waals surface area contributed by atoms with E-state index in [2.05, 4.69) is 20.9 Å². The number of phenols is 1. The minimum Gasteiger partial charge on any atom is -0.506 e. The van der Waals surface area contributed by atoms with Crippen molar-refractivity contribution in [1.82, 2.24) is 25.4 Å². The van der Waals surface area contributed by atoms with Gasteiger partial charge in [-0.2, -0.15) is 9.59 Å². The van der Waals surface area contributed by atoms with Gasteiger partial charge in [0.1, 0.15) is 22.5 Å². The molecule has 61 heavy (non-hydrogen) atoms. The number of nitrogens with zero attached hydrogens (tertiary/aromatic N) is 3. The molecular formula is C43H67N7O10S. The number of thiazole rings is 1. The molecule has 0 radical (unpaired) electrons. The summed E-state index contributed by atoms with van der Waals surface area (Å²) in [6, 6.07) is 3.26. The molecule has 1 fully saturated rings. The molecule has 4 amide bonds. The number of aromatic hydroxyl groups is 1. The summed E-state index contributed by atoms with van der Waals surface area (Å²) in [7, 11) is 3.67. The van der Waals surface area contributed by atoms with E-state index in [0.717, 1.165) is 37.8 Å². The van der Waals surface area contributed by atoms with Crippen molar-refractivity contribution in [2.24, 2.45) is 17.6 Å². The summed E-state index contributed by atoms with van der Waals surface area (Å²) in [4.78, 5) is 90.8. The molecule has 17 nitrogen and oxygen atoms in total. The summed E-state index contributed by atoms with van der Waals surface area (Å²) < 4.78 is 11.1. The molecule has 0 spiro atoms. The maximum Gasteiger partial charge on any atom is 0.373 e. The lowest BCUT2D eigenvalue weighted by Crippen LogP contribution is -2.58. The molecule has 18 heteroatoms. The van der Waals surface area contributed by atoms with Crippen LogP contribution in [0.15, 0.2) is 23.6 Å². The Morgan fingerprint density at radius 1 is 1.10 bits per heavy atom. The Morgan fingerprint density at radius 3 is 2.41 bits per heavy atom. The number of rotatable bonds is 23. The van der Waals surface area contributed by atoms with Crippen LogP contribution in [0.1, 0.15) is 120 Å². The maximum atomic E-state index is 14.2. The highest BCUT2D eigenvalue weighted by Crippen LogP contribution is 2.31. The van der Waals surface area contributed by atoms with Gasteiger partial charge in [0.2, 0.25) is 17.7 Å². The van der Waals surface area contributed by atoms with Crippen LogP contribution >= 0.6 is 11.3 Å². The molecule has 1 aromatic carbocycles. The fourth-order valence-corrected chi connectivity index (χ4v) is 8.09. The molecule has 1 aliphatic heterocycles. The molecule has 6 N–H and O–H groups in total. The van der Waals surface area contributed by atoms with Crippen LogP contribution < -0.4 is 21.7 Å². The third-order valence-corrected chi connectivity index (χ3v) is 11.7. The second-order valence-electron chi connectivity index (χ2n) is 15.8. The Kier molecular flexibility index (Phi) is 23.4. The number of nitrogens with one attached hydrogen (secondary N) is 3. The first-order valence-corrected chi connectivity index (χ1v) is 22.0. The summed E-state index contributed by atoms with van der Waals surface area (Å²) in [5.41, 5.74) is 6.66.